The Hall–Kier alpha value is -5.04. The van der Waals surface area contributed by atoms with Crippen molar-refractivity contribution < 1.29 is 23.4 Å². The van der Waals surface area contributed by atoms with Crippen molar-refractivity contribution in [2.45, 2.75) is 13.5 Å². The Morgan fingerprint density at radius 3 is 2.13 bits per heavy atom. The van der Waals surface area contributed by atoms with Crippen LogP contribution in [-0.2, 0) is 11.4 Å². The Morgan fingerprint density at radius 1 is 0.821 bits per heavy atom. The minimum Gasteiger partial charge on any atom is -0.496 e. The highest BCUT2D eigenvalue weighted by Crippen LogP contribution is 2.42. The number of fused-ring (bicyclic) bond motifs is 1. The van der Waals surface area contributed by atoms with Crippen LogP contribution in [0.5, 0.6) is 17.2 Å². The highest BCUT2D eigenvalue weighted by molar-refractivity contribution is 6.00. The zero-order valence-corrected chi connectivity index (χ0v) is 21.8. The Balaban J connectivity index is 1.57. The van der Waals surface area contributed by atoms with Gasteiger partial charge in [0.15, 0.2) is 11.0 Å². The van der Waals surface area contributed by atoms with Crippen molar-refractivity contribution in [1.29, 1.82) is 0 Å². The standard InChI is InChI=1S/C32H27NO6/c1-20(34)33-24-13-9-23(10-14-24)30-28(36-2)18-29(37-3)31-26(35)17-27(39-32(30)31)22-11-15-25(16-12-22)38-19-21-7-5-4-6-8-21/h4-18H,19H2,1-3H3,(H,33,34). The third kappa shape index (κ3) is 5.48. The number of hydrogen-bond donors (Lipinski definition) is 1. The quantitative estimate of drug-likeness (QED) is 0.245. The molecule has 1 heterocycles. The summed E-state index contributed by atoms with van der Waals surface area (Å²) in [7, 11) is 3.05. The van der Waals surface area contributed by atoms with Crippen molar-refractivity contribution in [2.24, 2.45) is 0 Å². The molecule has 5 rings (SSSR count). The van der Waals surface area contributed by atoms with E-state index in [0.717, 1.165) is 16.7 Å². The lowest BCUT2D eigenvalue weighted by atomic mass is 9.99. The van der Waals surface area contributed by atoms with E-state index in [1.165, 1.54) is 20.1 Å². The second-order valence-electron chi connectivity index (χ2n) is 8.89. The Morgan fingerprint density at radius 2 is 1.49 bits per heavy atom. The van der Waals surface area contributed by atoms with E-state index >= 15 is 0 Å². The first-order valence-corrected chi connectivity index (χ1v) is 12.3. The van der Waals surface area contributed by atoms with Crippen LogP contribution in [0, 0.1) is 0 Å². The first-order chi connectivity index (χ1) is 19.0. The molecular formula is C32H27NO6. The Bertz CT molecular complexity index is 1670. The van der Waals surface area contributed by atoms with Gasteiger partial charge in [-0.1, -0.05) is 42.5 Å². The second kappa shape index (κ2) is 11.1. The molecule has 0 bridgehead atoms. The van der Waals surface area contributed by atoms with Crippen LogP contribution in [0.4, 0.5) is 5.69 Å². The second-order valence-corrected chi connectivity index (χ2v) is 8.89. The van der Waals surface area contributed by atoms with E-state index in [-0.39, 0.29) is 11.3 Å². The summed E-state index contributed by atoms with van der Waals surface area (Å²) in [5, 5.41) is 3.07. The Kier molecular flexibility index (Phi) is 7.32. The predicted octanol–water partition coefficient (Wildman–Crippen LogP) is 6.68. The third-order valence-corrected chi connectivity index (χ3v) is 6.25. The van der Waals surface area contributed by atoms with Gasteiger partial charge < -0.3 is 23.9 Å². The number of hydrogen-bond acceptors (Lipinski definition) is 6. The van der Waals surface area contributed by atoms with E-state index in [0.29, 0.717) is 51.8 Å². The molecule has 7 nitrogen and oxygen atoms in total. The summed E-state index contributed by atoms with van der Waals surface area (Å²) >= 11 is 0. The molecule has 0 saturated carbocycles. The average Bonchev–Trinajstić information content (AvgIpc) is 2.96. The molecule has 196 valence electrons. The van der Waals surface area contributed by atoms with Gasteiger partial charge in [-0.2, -0.15) is 0 Å². The van der Waals surface area contributed by atoms with Gasteiger partial charge in [0, 0.05) is 30.3 Å². The van der Waals surface area contributed by atoms with E-state index in [2.05, 4.69) is 5.32 Å². The van der Waals surface area contributed by atoms with Gasteiger partial charge in [0.1, 0.15) is 35.0 Å². The topological polar surface area (TPSA) is 87.0 Å². The number of carbonyl (C=O) groups excluding carboxylic acids is 1. The number of anilines is 1. The van der Waals surface area contributed by atoms with Crippen molar-refractivity contribution in [3.8, 4) is 39.7 Å². The number of amides is 1. The van der Waals surface area contributed by atoms with Crippen LogP contribution in [0.2, 0.25) is 0 Å². The largest absolute Gasteiger partial charge is 0.496 e. The van der Waals surface area contributed by atoms with Crippen LogP contribution in [0.15, 0.2) is 100 Å². The van der Waals surface area contributed by atoms with Gasteiger partial charge in [-0.3, -0.25) is 9.59 Å². The molecule has 7 heteroatoms. The van der Waals surface area contributed by atoms with Crippen LogP contribution >= 0.6 is 0 Å². The molecule has 1 amide bonds. The number of nitrogens with one attached hydrogen (secondary N) is 1. The monoisotopic (exact) mass is 521 g/mol. The summed E-state index contributed by atoms with van der Waals surface area (Å²) in [6.45, 7) is 1.90. The molecular weight excluding hydrogens is 494 g/mol. The maximum Gasteiger partial charge on any atom is 0.221 e. The highest BCUT2D eigenvalue weighted by atomic mass is 16.5. The van der Waals surface area contributed by atoms with Crippen LogP contribution in [-0.4, -0.2) is 20.1 Å². The minimum absolute atomic E-state index is 0.164. The first-order valence-electron chi connectivity index (χ1n) is 12.3. The minimum atomic E-state index is -0.244. The summed E-state index contributed by atoms with van der Waals surface area (Å²) in [5.74, 6) is 1.77. The van der Waals surface area contributed by atoms with E-state index in [1.54, 1.807) is 25.3 Å². The number of methoxy groups -OCH3 is 2. The number of rotatable bonds is 8. The van der Waals surface area contributed by atoms with Gasteiger partial charge in [-0.05, 0) is 47.5 Å². The smallest absolute Gasteiger partial charge is 0.221 e. The molecule has 0 aliphatic carbocycles. The summed E-state index contributed by atoms with van der Waals surface area (Å²) in [5.41, 5.74) is 3.89. The van der Waals surface area contributed by atoms with Gasteiger partial charge in [0.2, 0.25) is 5.91 Å². The van der Waals surface area contributed by atoms with E-state index < -0.39 is 0 Å². The molecule has 0 spiro atoms. The molecule has 5 aromatic rings. The van der Waals surface area contributed by atoms with Crippen molar-refractivity contribution in [1.82, 2.24) is 0 Å². The van der Waals surface area contributed by atoms with Crippen LogP contribution < -0.4 is 25.0 Å². The lowest BCUT2D eigenvalue weighted by Crippen LogP contribution is -2.06. The van der Waals surface area contributed by atoms with Crippen LogP contribution in [0.3, 0.4) is 0 Å². The molecule has 0 atom stereocenters. The SMILES string of the molecule is COc1cc(OC)c2c(=O)cc(-c3ccc(OCc4ccccc4)cc3)oc2c1-c1ccc(NC(C)=O)cc1. The van der Waals surface area contributed by atoms with Crippen molar-refractivity contribution in [3.63, 3.8) is 0 Å². The van der Waals surface area contributed by atoms with E-state index in [9.17, 15) is 9.59 Å². The van der Waals surface area contributed by atoms with E-state index in [1.807, 2.05) is 66.7 Å². The van der Waals surface area contributed by atoms with Gasteiger partial charge >= 0.3 is 0 Å². The normalized spacial score (nSPS) is 10.7. The average molecular weight is 522 g/mol. The molecule has 0 saturated heterocycles. The van der Waals surface area contributed by atoms with Gasteiger partial charge in [0.25, 0.3) is 0 Å². The molecule has 1 N–H and O–H groups in total. The lowest BCUT2D eigenvalue weighted by Gasteiger charge is -2.15. The lowest BCUT2D eigenvalue weighted by molar-refractivity contribution is -0.114. The molecule has 0 aliphatic heterocycles. The molecule has 4 aromatic carbocycles. The van der Waals surface area contributed by atoms with Gasteiger partial charge in [0.05, 0.1) is 19.8 Å². The van der Waals surface area contributed by atoms with Crippen molar-refractivity contribution in [2.75, 3.05) is 19.5 Å². The summed E-state index contributed by atoms with van der Waals surface area (Å²) in [6.07, 6.45) is 0. The summed E-state index contributed by atoms with van der Waals surface area (Å²) in [4.78, 5) is 24.8. The van der Waals surface area contributed by atoms with Crippen molar-refractivity contribution in [3.05, 3.63) is 107 Å². The summed E-state index contributed by atoms with van der Waals surface area (Å²) < 4.78 is 23.5. The fraction of sp³-hybridized carbons (Fsp3) is 0.125. The molecule has 0 radical (unpaired) electrons. The fourth-order valence-corrected chi connectivity index (χ4v) is 4.40. The molecule has 0 unspecified atom stereocenters. The van der Waals surface area contributed by atoms with Gasteiger partial charge in [-0.25, -0.2) is 0 Å². The van der Waals surface area contributed by atoms with Gasteiger partial charge in [-0.15, -0.1) is 0 Å². The fourth-order valence-electron chi connectivity index (χ4n) is 4.40. The molecule has 1 aromatic heterocycles. The highest BCUT2D eigenvalue weighted by Gasteiger charge is 2.21. The maximum atomic E-state index is 13.4. The third-order valence-electron chi connectivity index (χ3n) is 6.25. The first kappa shape index (κ1) is 25.6. The zero-order valence-electron chi connectivity index (χ0n) is 21.8. The number of benzene rings is 4. The van der Waals surface area contributed by atoms with E-state index in [4.69, 9.17) is 18.6 Å². The predicted molar refractivity (Wildman–Crippen MR) is 152 cm³/mol. The zero-order chi connectivity index (χ0) is 27.4. The molecule has 0 fully saturated rings. The number of ether oxygens (including phenoxy) is 3. The van der Waals surface area contributed by atoms with Crippen LogP contribution in [0.25, 0.3) is 33.4 Å². The molecule has 0 aliphatic rings. The van der Waals surface area contributed by atoms with Crippen molar-refractivity contribution >= 4 is 22.6 Å². The molecule has 39 heavy (non-hydrogen) atoms. The van der Waals surface area contributed by atoms with Crippen LogP contribution in [0.1, 0.15) is 12.5 Å². The summed E-state index contributed by atoms with van der Waals surface area (Å²) in [6, 6.07) is 27.7. The number of carbonyl (C=O) groups is 1. The Labute approximate surface area is 225 Å². The maximum absolute atomic E-state index is 13.4.